The van der Waals surface area contributed by atoms with Crippen molar-refractivity contribution >= 4 is 11.4 Å². The van der Waals surface area contributed by atoms with Crippen molar-refractivity contribution in [3.05, 3.63) is 130 Å². The molecular formula is C49H66N2. The zero-order chi connectivity index (χ0) is 35.3. The van der Waals surface area contributed by atoms with Crippen LogP contribution < -0.4 is 11.5 Å². The molecule has 0 aromatic heterocycles. The molecule has 2 aliphatic carbocycles. The van der Waals surface area contributed by atoms with E-state index >= 15 is 0 Å². The van der Waals surface area contributed by atoms with Gasteiger partial charge in [-0.05, 0) is 127 Å². The van der Waals surface area contributed by atoms with Gasteiger partial charge < -0.3 is 11.5 Å². The summed E-state index contributed by atoms with van der Waals surface area (Å²) in [4.78, 5) is 0. The van der Waals surface area contributed by atoms with E-state index in [0.717, 1.165) is 54.8 Å². The lowest BCUT2D eigenvalue weighted by atomic mass is 9.62. The van der Waals surface area contributed by atoms with Gasteiger partial charge in [-0.2, -0.15) is 0 Å². The molecule has 272 valence electrons. The van der Waals surface area contributed by atoms with Crippen LogP contribution in [0.5, 0.6) is 0 Å². The van der Waals surface area contributed by atoms with Gasteiger partial charge in [0.2, 0.25) is 0 Å². The molecule has 0 spiro atoms. The van der Waals surface area contributed by atoms with Gasteiger partial charge in [0.1, 0.15) is 0 Å². The van der Waals surface area contributed by atoms with E-state index in [1.165, 1.54) is 136 Å². The molecule has 2 fully saturated rings. The number of anilines is 2. The minimum atomic E-state index is 0.108. The van der Waals surface area contributed by atoms with E-state index in [0.29, 0.717) is 0 Å². The number of nitrogen functional groups attached to an aromatic ring is 2. The Balaban J connectivity index is 1.06. The van der Waals surface area contributed by atoms with Crippen molar-refractivity contribution in [1.29, 1.82) is 0 Å². The number of benzene rings is 4. The quantitative estimate of drug-likeness (QED) is 0.0860. The predicted molar refractivity (Wildman–Crippen MR) is 220 cm³/mol. The molecule has 0 radical (unpaired) electrons. The minimum Gasteiger partial charge on any atom is -0.399 e. The largest absolute Gasteiger partial charge is 0.399 e. The molecule has 0 saturated heterocycles. The Morgan fingerprint density at radius 2 is 0.784 bits per heavy atom. The Morgan fingerprint density at radius 1 is 0.431 bits per heavy atom. The van der Waals surface area contributed by atoms with Crippen LogP contribution in [0.15, 0.2) is 97.1 Å². The summed E-state index contributed by atoms with van der Waals surface area (Å²) in [6.07, 6.45) is 27.0. The highest BCUT2D eigenvalue weighted by Crippen LogP contribution is 2.48. The van der Waals surface area contributed by atoms with Crippen LogP contribution in [0.4, 0.5) is 11.4 Å². The fourth-order valence-electron chi connectivity index (χ4n) is 9.45. The zero-order valence-corrected chi connectivity index (χ0v) is 31.8. The van der Waals surface area contributed by atoms with Crippen LogP contribution in [0, 0.1) is 17.8 Å². The Hall–Kier alpha value is -3.52. The third kappa shape index (κ3) is 10.8. The average Bonchev–Trinajstić information content (AvgIpc) is 3.18. The lowest BCUT2D eigenvalue weighted by Crippen LogP contribution is -2.33. The van der Waals surface area contributed by atoms with Gasteiger partial charge in [0.25, 0.3) is 0 Å². The molecule has 4 aromatic carbocycles. The second kappa shape index (κ2) is 18.8. The van der Waals surface area contributed by atoms with E-state index in [1.54, 1.807) is 0 Å². The fourth-order valence-corrected chi connectivity index (χ4v) is 9.45. The average molecular weight is 683 g/mol. The molecular weight excluding hydrogens is 617 g/mol. The van der Waals surface area contributed by atoms with Gasteiger partial charge >= 0.3 is 0 Å². The van der Waals surface area contributed by atoms with Gasteiger partial charge in [-0.25, -0.2) is 0 Å². The number of aryl methyl sites for hydroxylation is 4. The van der Waals surface area contributed by atoms with Crippen LogP contribution >= 0.6 is 0 Å². The summed E-state index contributed by atoms with van der Waals surface area (Å²) in [7, 11) is 0. The van der Waals surface area contributed by atoms with Gasteiger partial charge in [0.05, 0.1) is 0 Å². The van der Waals surface area contributed by atoms with Crippen molar-refractivity contribution in [3.8, 4) is 0 Å². The lowest BCUT2D eigenvalue weighted by molar-refractivity contribution is 0.208. The number of hydrogen-bond acceptors (Lipinski definition) is 2. The van der Waals surface area contributed by atoms with Gasteiger partial charge in [-0.1, -0.05) is 157 Å². The zero-order valence-electron chi connectivity index (χ0n) is 31.8. The normalized spacial score (nSPS) is 19.2. The molecule has 2 saturated carbocycles. The third-order valence-corrected chi connectivity index (χ3v) is 13.0. The number of nitrogens with two attached hydrogens (primary N) is 2. The van der Waals surface area contributed by atoms with Gasteiger partial charge in [-0.15, -0.1) is 0 Å². The molecule has 51 heavy (non-hydrogen) atoms. The van der Waals surface area contributed by atoms with Gasteiger partial charge in [0.15, 0.2) is 0 Å². The van der Waals surface area contributed by atoms with Crippen molar-refractivity contribution in [1.82, 2.24) is 0 Å². The highest BCUT2D eigenvalue weighted by molar-refractivity contribution is 5.43. The first-order chi connectivity index (χ1) is 25.0. The molecule has 0 amide bonds. The summed E-state index contributed by atoms with van der Waals surface area (Å²) in [6.45, 7) is 2.32. The first-order valence-electron chi connectivity index (χ1n) is 20.9. The van der Waals surface area contributed by atoms with Crippen LogP contribution in [0.2, 0.25) is 0 Å². The van der Waals surface area contributed by atoms with Gasteiger partial charge in [0, 0.05) is 16.8 Å². The maximum atomic E-state index is 5.92. The summed E-state index contributed by atoms with van der Waals surface area (Å²) in [5.41, 5.74) is 22.2. The van der Waals surface area contributed by atoms with E-state index in [9.17, 15) is 0 Å². The number of rotatable bonds is 17. The Labute approximate surface area is 310 Å². The molecule has 0 bridgehead atoms. The SMILES string of the molecule is CCCCCCCC1CCC(CCC2CCC(c3ccc(CCc4ccc(N)cc4)cc3)(c3ccc(CCc4ccc(N)cc4)cc3)CC2)CC1. The van der Waals surface area contributed by atoms with Crippen LogP contribution in [0.1, 0.15) is 143 Å². The Kier molecular flexibility index (Phi) is 13.7. The van der Waals surface area contributed by atoms with E-state index < -0.39 is 0 Å². The molecule has 4 N–H and O–H groups in total. The second-order valence-electron chi connectivity index (χ2n) is 16.6. The van der Waals surface area contributed by atoms with Crippen LogP contribution in [0.3, 0.4) is 0 Å². The topological polar surface area (TPSA) is 52.0 Å². The van der Waals surface area contributed by atoms with E-state index in [1.807, 2.05) is 24.3 Å². The van der Waals surface area contributed by atoms with Gasteiger partial charge in [-0.3, -0.25) is 0 Å². The van der Waals surface area contributed by atoms with Crippen molar-refractivity contribution in [2.24, 2.45) is 17.8 Å². The molecule has 0 aliphatic heterocycles. The summed E-state index contributed by atoms with van der Waals surface area (Å²) in [5, 5.41) is 0. The van der Waals surface area contributed by atoms with Crippen molar-refractivity contribution in [3.63, 3.8) is 0 Å². The van der Waals surface area contributed by atoms with Crippen LogP contribution in [-0.2, 0) is 31.1 Å². The lowest BCUT2D eigenvalue weighted by Gasteiger charge is -2.42. The van der Waals surface area contributed by atoms with E-state index in [2.05, 4.69) is 79.7 Å². The highest BCUT2D eigenvalue weighted by Gasteiger charge is 2.38. The molecule has 0 unspecified atom stereocenters. The summed E-state index contributed by atoms with van der Waals surface area (Å²) < 4.78 is 0. The first kappa shape index (κ1) is 37.2. The molecule has 2 nitrogen and oxygen atoms in total. The highest BCUT2D eigenvalue weighted by atomic mass is 14.5. The first-order valence-corrected chi connectivity index (χ1v) is 20.9. The second-order valence-corrected chi connectivity index (χ2v) is 16.6. The molecule has 2 heteroatoms. The monoisotopic (exact) mass is 683 g/mol. The predicted octanol–water partition coefficient (Wildman–Crippen LogP) is 12.8. The van der Waals surface area contributed by atoms with Crippen molar-refractivity contribution in [2.75, 3.05) is 11.5 Å². The van der Waals surface area contributed by atoms with E-state index in [-0.39, 0.29) is 5.41 Å². The Morgan fingerprint density at radius 3 is 1.20 bits per heavy atom. The third-order valence-electron chi connectivity index (χ3n) is 13.0. The maximum Gasteiger partial charge on any atom is 0.0314 e. The molecule has 4 aromatic rings. The summed E-state index contributed by atoms with van der Waals surface area (Å²) in [5.74, 6) is 2.88. The van der Waals surface area contributed by atoms with E-state index in [4.69, 9.17) is 11.5 Å². The molecule has 2 aliphatic rings. The van der Waals surface area contributed by atoms with Crippen LogP contribution in [0.25, 0.3) is 0 Å². The Bertz CT molecular complexity index is 1460. The fraction of sp³-hybridized carbons (Fsp3) is 0.510. The molecule has 0 atom stereocenters. The molecule has 6 rings (SSSR count). The number of hydrogen-bond donors (Lipinski definition) is 2. The standard InChI is InChI=1S/C49H66N2/c1-2-3-4-5-6-7-38-8-10-39(11-9-38)16-17-44-34-36-49(37-35-44,45-26-18-40(19-27-45)12-14-42-22-30-47(50)31-23-42)46-28-20-41(21-29-46)13-15-43-24-32-48(51)33-25-43/h18-33,38-39,44H,2-17,34-37,50-51H2,1H3. The van der Waals surface area contributed by atoms with Crippen molar-refractivity contribution in [2.45, 2.75) is 141 Å². The minimum absolute atomic E-state index is 0.108. The summed E-state index contributed by atoms with van der Waals surface area (Å²) >= 11 is 0. The summed E-state index contributed by atoms with van der Waals surface area (Å²) in [6, 6.07) is 36.2. The van der Waals surface area contributed by atoms with Crippen molar-refractivity contribution < 1.29 is 0 Å². The maximum absolute atomic E-state index is 5.92. The smallest absolute Gasteiger partial charge is 0.0314 e. The van der Waals surface area contributed by atoms with Crippen LogP contribution in [-0.4, -0.2) is 0 Å². The molecule has 0 heterocycles. The number of unbranched alkanes of at least 4 members (excludes halogenated alkanes) is 4.